The van der Waals surface area contributed by atoms with E-state index in [9.17, 15) is 0 Å². The van der Waals surface area contributed by atoms with Crippen LogP contribution in [0.25, 0.3) is 83.3 Å². The summed E-state index contributed by atoms with van der Waals surface area (Å²) < 4.78 is 6.48. The van der Waals surface area contributed by atoms with Gasteiger partial charge in [-0.05, 0) is 70.1 Å². The standard InChI is InChI=1S/C43H29N3O/c1-3-12-31(13-4-1)41-44-42(32-14-5-2-6-15-32)46-43(45-41)37-26-35(27-39-40(37)36-17-9-10-18-38(36)47-39)30-21-19-29(20-22-30)34-24-23-28-11-7-8-16-33(28)25-34/h1,3-5,7-27H,2,6H2. The third-order valence-corrected chi connectivity index (χ3v) is 8.94. The van der Waals surface area contributed by atoms with Gasteiger partial charge in [-0.1, -0.05) is 127 Å². The second-order valence-corrected chi connectivity index (χ2v) is 11.9. The summed E-state index contributed by atoms with van der Waals surface area (Å²) in [5.74, 6) is 1.95. The lowest BCUT2D eigenvalue weighted by molar-refractivity contribution is 0.669. The highest BCUT2D eigenvalue weighted by atomic mass is 16.3. The van der Waals surface area contributed by atoms with E-state index < -0.39 is 0 Å². The van der Waals surface area contributed by atoms with Gasteiger partial charge in [-0.3, -0.25) is 0 Å². The molecule has 8 aromatic rings. The maximum absolute atomic E-state index is 6.48. The molecule has 0 radical (unpaired) electrons. The lowest BCUT2D eigenvalue weighted by atomic mass is 9.95. The SMILES string of the molecule is C1=CC(c2nc(-c3ccccc3)nc(-c3cc(-c4ccc(-c5ccc6ccccc6c5)cc4)cc4oc5ccccc5c34)n2)=CCC1. The highest BCUT2D eigenvalue weighted by molar-refractivity contribution is 6.13. The van der Waals surface area contributed by atoms with Crippen molar-refractivity contribution in [1.29, 1.82) is 0 Å². The van der Waals surface area contributed by atoms with E-state index in [-0.39, 0.29) is 0 Å². The number of fused-ring (bicyclic) bond motifs is 4. The minimum atomic E-state index is 0.625. The van der Waals surface area contributed by atoms with Gasteiger partial charge in [-0.2, -0.15) is 0 Å². The maximum Gasteiger partial charge on any atom is 0.164 e. The lowest BCUT2D eigenvalue weighted by Crippen LogP contribution is -2.03. The van der Waals surface area contributed by atoms with Gasteiger partial charge in [0.2, 0.25) is 0 Å². The largest absolute Gasteiger partial charge is 0.456 e. The van der Waals surface area contributed by atoms with Crippen LogP contribution in [0.5, 0.6) is 0 Å². The van der Waals surface area contributed by atoms with Gasteiger partial charge in [-0.25, -0.2) is 15.0 Å². The minimum Gasteiger partial charge on any atom is -0.456 e. The number of furan rings is 1. The molecule has 0 unspecified atom stereocenters. The Hall–Kier alpha value is -6.13. The zero-order valence-corrected chi connectivity index (χ0v) is 25.6. The third-order valence-electron chi connectivity index (χ3n) is 8.94. The van der Waals surface area contributed by atoms with E-state index in [0.29, 0.717) is 17.5 Å². The highest BCUT2D eigenvalue weighted by Crippen LogP contribution is 2.40. The van der Waals surface area contributed by atoms with Crippen LogP contribution in [0.1, 0.15) is 18.7 Å². The fourth-order valence-electron chi connectivity index (χ4n) is 6.54. The van der Waals surface area contributed by atoms with Crippen LogP contribution >= 0.6 is 0 Å². The molecule has 9 rings (SSSR count). The molecule has 0 spiro atoms. The van der Waals surface area contributed by atoms with Gasteiger partial charge in [0, 0.05) is 27.5 Å². The molecule has 2 aromatic heterocycles. The first-order valence-corrected chi connectivity index (χ1v) is 16.0. The van der Waals surface area contributed by atoms with Crippen molar-refractivity contribution in [3.05, 3.63) is 158 Å². The zero-order chi connectivity index (χ0) is 31.2. The number of nitrogens with zero attached hydrogens (tertiary/aromatic N) is 3. The summed E-state index contributed by atoms with van der Waals surface area (Å²) in [4.78, 5) is 15.2. The Morgan fingerprint density at radius 2 is 1.17 bits per heavy atom. The number of allylic oxidation sites excluding steroid dienone is 4. The lowest BCUT2D eigenvalue weighted by Gasteiger charge is -2.12. The summed E-state index contributed by atoms with van der Waals surface area (Å²) in [6.07, 6.45) is 8.51. The molecule has 6 aromatic carbocycles. The molecule has 0 saturated carbocycles. The molecule has 0 aliphatic heterocycles. The summed E-state index contributed by atoms with van der Waals surface area (Å²) in [5.41, 5.74) is 9.03. The molecular weight excluding hydrogens is 574 g/mol. The van der Waals surface area contributed by atoms with Crippen molar-refractivity contribution in [2.75, 3.05) is 0 Å². The van der Waals surface area contributed by atoms with E-state index in [2.05, 4.69) is 103 Å². The van der Waals surface area contributed by atoms with Crippen molar-refractivity contribution in [3.8, 4) is 45.0 Å². The Balaban J connectivity index is 1.22. The molecule has 47 heavy (non-hydrogen) atoms. The third kappa shape index (κ3) is 5.01. The fourth-order valence-corrected chi connectivity index (χ4v) is 6.54. The van der Waals surface area contributed by atoms with Gasteiger partial charge in [0.1, 0.15) is 11.2 Å². The van der Waals surface area contributed by atoms with Gasteiger partial charge in [0.15, 0.2) is 17.5 Å². The molecule has 4 heteroatoms. The summed E-state index contributed by atoms with van der Waals surface area (Å²) in [6, 6.07) is 46.5. The monoisotopic (exact) mass is 603 g/mol. The molecule has 0 saturated heterocycles. The number of hydrogen-bond donors (Lipinski definition) is 0. The van der Waals surface area contributed by atoms with Crippen molar-refractivity contribution in [2.24, 2.45) is 0 Å². The smallest absolute Gasteiger partial charge is 0.164 e. The van der Waals surface area contributed by atoms with E-state index in [1.165, 1.54) is 21.9 Å². The van der Waals surface area contributed by atoms with Crippen LogP contribution in [0.2, 0.25) is 0 Å². The zero-order valence-electron chi connectivity index (χ0n) is 25.6. The van der Waals surface area contributed by atoms with Crippen molar-refractivity contribution >= 4 is 38.3 Å². The molecular formula is C43H29N3O. The van der Waals surface area contributed by atoms with Gasteiger partial charge in [0.25, 0.3) is 0 Å². The first-order chi connectivity index (χ1) is 23.3. The van der Waals surface area contributed by atoms with Crippen LogP contribution in [0.15, 0.2) is 156 Å². The Labute approximate surface area is 272 Å². The van der Waals surface area contributed by atoms with Gasteiger partial charge >= 0.3 is 0 Å². The minimum absolute atomic E-state index is 0.625. The van der Waals surface area contributed by atoms with Crippen LogP contribution in [-0.2, 0) is 0 Å². The first-order valence-electron chi connectivity index (χ1n) is 16.0. The van der Waals surface area contributed by atoms with Crippen molar-refractivity contribution in [1.82, 2.24) is 15.0 Å². The van der Waals surface area contributed by atoms with E-state index in [1.807, 2.05) is 48.5 Å². The molecule has 222 valence electrons. The van der Waals surface area contributed by atoms with Gasteiger partial charge in [-0.15, -0.1) is 0 Å². The van der Waals surface area contributed by atoms with E-state index in [0.717, 1.165) is 62.6 Å². The van der Waals surface area contributed by atoms with Crippen molar-refractivity contribution in [2.45, 2.75) is 12.8 Å². The van der Waals surface area contributed by atoms with Crippen LogP contribution in [-0.4, -0.2) is 15.0 Å². The Morgan fingerprint density at radius 1 is 0.468 bits per heavy atom. The number of aromatic nitrogens is 3. The van der Waals surface area contributed by atoms with Crippen LogP contribution in [0, 0.1) is 0 Å². The first kappa shape index (κ1) is 27.2. The Bertz CT molecular complexity index is 2510. The van der Waals surface area contributed by atoms with Crippen LogP contribution < -0.4 is 0 Å². The summed E-state index contributed by atoms with van der Waals surface area (Å²) in [6.45, 7) is 0. The molecule has 4 nitrogen and oxygen atoms in total. The van der Waals surface area contributed by atoms with E-state index in [4.69, 9.17) is 19.4 Å². The van der Waals surface area contributed by atoms with Crippen molar-refractivity contribution < 1.29 is 4.42 Å². The predicted octanol–water partition coefficient (Wildman–Crippen LogP) is 11.3. The predicted molar refractivity (Wildman–Crippen MR) is 193 cm³/mol. The average molecular weight is 604 g/mol. The number of rotatable bonds is 5. The molecule has 0 atom stereocenters. The summed E-state index contributed by atoms with van der Waals surface area (Å²) in [5, 5.41) is 4.52. The van der Waals surface area contributed by atoms with E-state index in [1.54, 1.807) is 0 Å². The van der Waals surface area contributed by atoms with E-state index >= 15 is 0 Å². The van der Waals surface area contributed by atoms with Gasteiger partial charge < -0.3 is 4.42 Å². The molecule has 0 N–H and O–H groups in total. The molecule has 0 bridgehead atoms. The Kier molecular flexibility index (Phi) is 6.57. The molecule has 0 fully saturated rings. The summed E-state index contributed by atoms with van der Waals surface area (Å²) in [7, 11) is 0. The highest BCUT2D eigenvalue weighted by Gasteiger charge is 2.20. The summed E-state index contributed by atoms with van der Waals surface area (Å²) >= 11 is 0. The molecule has 1 aliphatic carbocycles. The van der Waals surface area contributed by atoms with Crippen LogP contribution in [0.3, 0.4) is 0 Å². The second kappa shape index (κ2) is 11.3. The normalized spacial score (nSPS) is 13.0. The molecule has 0 amide bonds. The fraction of sp³-hybridized carbons (Fsp3) is 0.0465. The molecule has 1 aliphatic rings. The number of hydrogen-bond acceptors (Lipinski definition) is 4. The molecule has 2 heterocycles. The maximum atomic E-state index is 6.48. The number of para-hydroxylation sites is 1. The quantitative estimate of drug-likeness (QED) is 0.196. The van der Waals surface area contributed by atoms with Crippen LogP contribution in [0.4, 0.5) is 0 Å². The second-order valence-electron chi connectivity index (χ2n) is 11.9. The van der Waals surface area contributed by atoms with Crippen molar-refractivity contribution in [3.63, 3.8) is 0 Å². The van der Waals surface area contributed by atoms with Gasteiger partial charge in [0.05, 0.1) is 0 Å². The number of benzene rings is 6. The Morgan fingerprint density at radius 3 is 2.00 bits per heavy atom. The average Bonchev–Trinajstić information content (AvgIpc) is 3.53. The topological polar surface area (TPSA) is 51.8 Å².